The average molecular weight is 183 g/mol. The van der Waals surface area contributed by atoms with E-state index in [4.69, 9.17) is 5.11 Å². The first kappa shape index (κ1) is 10.7. The second-order valence-corrected chi connectivity index (χ2v) is 4.17. The Kier molecular flexibility index (Phi) is 4.46. The Morgan fingerprint density at radius 3 is 2.85 bits per heavy atom. The highest BCUT2D eigenvalue weighted by molar-refractivity contribution is 4.95. The molecule has 0 aromatic carbocycles. The Balaban J connectivity index is 2.24. The second-order valence-electron chi connectivity index (χ2n) is 4.17. The maximum absolute atomic E-state index is 9.09. The van der Waals surface area contributed by atoms with Gasteiger partial charge in [0, 0.05) is 19.2 Å². The molecule has 0 heterocycles. The van der Waals surface area contributed by atoms with Crippen LogP contribution in [0.15, 0.2) is 11.6 Å². The third-order valence-electron chi connectivity index (χ3n) is 2.78. The summed E-state index contributed by atoms with van der Waals surface area (Å²) < 4.78 is 0. The quantitative estimate of drug-likeness (QED) is 0.650. The SMILES string of the molecule is CC(C)=CCNC1CCCC1CO. The van der Waals surface area contributed by atoms with E-state index in [-0.39, 0.29) is 0 Å². The minimum absolute atomic E-state index is 0.340. The summed E-state index contributed by atoms with van der Waals surface area (Å²) >= 11 is 0. The first-order chi connectivity index (χ1) is 6.24. The molecule has 76 valence electrons. The molecule has 0 aromatic rings. The van der Waals surface area contributed by atoms with Gasteiger partial charge in [0.15, 0.2) is 0 Å². The average Bonchev–Trinajstić information content (AvgIpc) is 2.51. The molecule has 2 unspecified atom stereocenters. The first-order valence-electron chi connectivity index (χ1n) is 5.21. The Morgan fingerprint density at radius 1 is 1.46 bits per heavy atom. The molecule has 2 N–H and O–H groups in total. The highest BCUT2D eigenvalue weighted by Gasteiger charge is 2.25. The molecule has 0 bridgehead atoms. The van der Waals surface area contributed by atoms with Crippen molar-refractivity contribution in [2.24, 2.45) is 5.92 Å². The van der Waals surface area contributed by atoms with Gasteiger partial charge < -0.3 is 10.4 Å². The molecule has 1 rings (SSSR count). The number of rotatable bonds is 4. The number of aliphatic hydroxyl groups excluding tert-OH is 1. The molecule has 0 amide bonds. The van der Waals surface area contributed by atoms with E-state index in [2.05, 4.69) is 25.2 Å². The van der Waals surface area contributed by atoms with Gasteiger partial charge in [-0.15, -0.1) is 0 Å². The maximum atomic E-state index is 9.09. The van der Waals surface area contributed by atoms with Gasteiger partial charge in [0.2, 0.25) is 0 Å². The van der Waals surface area contributed by atoms with Gasteiger partial charge in [-0.2, -0.15) is 0 Å². The predicted octanol–water partition coefficient (Wildman–Crippen LogP) is 1.70. The number of nitrogens with one attached hydrogen (secondary N) is 1. The summed E-state index contributed by atoms with van der Waals surface area (Å²) in [5.41, 5.74) is 1.35. The largest absolute Gasteiger partial charge is 0.396 e. The van der Waals surface area contributed by atoms with E-state index in [1.807, 2.05) is 0 Å². The lowest BCUT2D eigenvalue weighted by molar-refractivity contribution is 0.207. The predicted molar refractivity (Wildman–Crippen MR) is 55.6 cm³/mol. The third-order valence-corrected chi connectivity index (χ3v) is 2.78. The zero-order chi connectivity index (χ0) is 9.68. The summed E-state index contributed by atoms with van der Waals surface area (Å²) in [6, 6.07) is 0.542. The number of hydrogen-bond donors (Lipinski definition) is 2. The van der Waals surface area contributed by atoms with Crippen LogP contribution in [-0.4, -0.2) is 24.3 Å². The van der Waals surface area contributed by atoms with Crippen molar-refractivity contribution in [2.75, 3.05) is 13.2 Å². The van der Waals surface area contributed by atoms with Gasteiger partial charge in [0.25, 0.3) is 0 Å². The molecule has 1 aliphatic rings. The van der Waals surface area contributed by atoms with E-state index >= 15 is 0 Å². The zero-order valence-corrected chi connectivity index (χ0v) is 8.71. The van der Waals surface area contributed by atoms with E-state index < -0.39 is 0 Å². The molecule has 1 fully saturated rings. The fourth-order valence-electron chi connectivity index (χ4n) is 1.94. The molecule has 2 atom stereocenters. The van der Waals surface area contributed by atoms with Gasteiger partial charge in [-0.05, 0) is 32.6 Å². The van der Waals surface area contributed by atoms with E-state index in [1.54, 1.807) is 0 Å². The monoisotopic (exact) mass is 183 g/mol. The van der Waals surface area contributed by atoms with Crippen molar-refractivity contribution in [3.05, 3.63) is 11.6 Å². The van der Waals surface area contributed by atoms with Gasteiger partial charge in [-0.1, -0.05) is 18.1 Å². The van der Waals surface area contributed by atoms with Crippen LogP contribution in [0.1, 0.15) is 33.1 Å². The summed E-state index contributed by atoms with van der Waals surface area (Å²) in [4.78, 5) is 0. The van der Waals surface area contributed by atoms with Crippen LogP contribution >= 0.6 is 0 Å². The Morgan fingerprint density at radius 2 is 2.23 bits per heavy atom. The molecule has 0 saturated heterocycles. The molecule has 0 aliphatic heterocycles. The van der Waals surface area contributed by atoms with Crippen LogP contribution in [0.3, 0.4) is 0 Å². The summed E-state index contributed by atoms with van der Waals surface area (Å²) in [5, 5.41) is 12.6. The van der Waals surface area contributed by atoms with Gasteiger partial charge in [-0.3, -0.25) is 0 Å². The lowest BCUT2D eigenvalue weighted by Crippen LogP contribution is -2.34. The molecular weight excluding hydrogens is 162 g/mol. The molecule has 0 spiro atoms. The van der Waals surface area contributed by atoms with E-state index in [1.165, 1.54) is 24.8 Å². The normalized spacial score (nSPS) is 27.6. The van der Waals surface area contributed by atoms with Crippen LogP contribution in [0, 0.1) is 5.92 Å². The molecule has 1 aliphatic carbocycles. The Hall–Kier alpha value is -0.340. The molecular formula is C11H21NO. The summed E-state index contributed by atoms with van der Waals surface area (Å²) in [6.07, 6.45) is 5.87. The van der Waals surface area contributed by atoms with E-state index in [0.29, 0.717) is 18.6 Å². The number of hydrogen-bond acceptors (Lipinski definition) is 2. The van der Waals surface area contributed by atoms with Crippen molar-refractivity contribution in [1.29, 1.82) is 0 Å². The fraction of sp³-hybridized carbons (Fsp3) is 0.818. The fourth-order valence-corrected chi connectivity index (χ4v) is 1.94. The molecule has 0 radical (unpaired) electrons. The van der Waals surface area contributed by atoms with Crippen molar-refractivity contribution in [1.82, 2.24) is 5.32 Å². The Labute approximate surface area is 81.0 Å². The lowest BCUT2D eigenvalue weighted by Gasteiger charge is -2.17. The van der Waals surface area contributed by atoms with Crippen LogP contribution < -0.4 is 5.32 Å². The lowest BCUT2D eigenvalue weighted by atomic mass is 10.1. The second kappa shape index (κ2) is 5.40. The highest BCUT2D eigenvalue weighted by Crippen LogP contribution is 2.24. The maximum Gasteiger partial charge on any atom is 0.0474 e. The first-order valence-corrected chi connectivity index (χ1v) is 5.21. The topological polar surface area (TPSA) is 32.3 Å². The van der Waals surface area contributed by atoms with Crippen LogP contribution in [0.5, 0.6) is 0 Å². The van der Waals surface area contributed by atoms with Gasteiger partial charge in [-0.25, -0.2) is 0 Å². The van der Waals surface area contributed by atoms with E-state index in [0.717, 1.165) is 6.54 Å². The molecule has 2 heteroatoms. The highest BCUT2D eigenvalue weighted by atomic mass is 16.3. The molecule has 2 nitrogen and oxygen atoms in total. The smallest absolute Gasteiger partial charge is 0.0474 e. The number of allylic oxidation sites excluding steroid dienone is 1. The standard InChI is InChI=1S/C11H21NO/c1-9(2)6-7-12-11-5-3-4-10(11)8-13/h6,10-13H,3-5,7-8H2,1-2H3. The van der Waals surface area contributed by atoms with Crippen LogP contribution in [0.25, 0.3) is 0 Å². The molecule has 0 aromatic heterocycles. The van der Waals surface area contributed by atoms with Crippen LogP contribution in [-0.2, 0) is 0 Å². The summed E-state index contributed by atoms with van der Waals surface area (Å²) in [5.74, 6) is 0.491. The van der Waals surface area contributed by atoms with Crippen LogP contribution in [0.2, 0.25) is 0 Å². The van der Waals surface area contributed by atoms with Crippen LogP contribution in [0.4, 0.5) is 0 Å². The van der Waals surface area contributed by atoms with Crippen molar-refractivity contribution < 1.29 is 5.11 Å². The zero-order valence-electron chi connectivity index (χ0n) is 8.71. The van der Waals surface area contributed by atoms with E-state index in [9.17, 15) is 0 Å². The van der Waals surface area contributed by atoms with Gasteiger partial charge >= 0.3 is 0 Å². The minimum Gasteiger partial charge on any atom is -0.396 e. The minimum atomic E-state index is 0.340. The van der Waals surface area contributed by atoms with Crippen molar-refractivity contribution in [2.45, 2.75) is 39.2 Å². The van der Waals surface area contributed by atoms with Gasteiger partial charge in [0.05, 0.1) is 0 Å². The van der Waals surface area contributed by atoms with Crippen molar-refractivity contribution in [3.63, 3.8) is 0 Å². The van der Waals surface area contributed by atoms with Crippen molar-refractivity contribution in [3.8, 4) is 0 Å². The number of aliphatic hydroxyl groups is 1. The Bertz CT molecular complexity index is 173. The third kappa shape index (κ3) is 3.49. The molecule has 1 saturated carbocycles. The van der Waals surface area contributed by atoms with Crippen molar-refractivity contribution >= 4 is 0 Å². The van der Waals surface area contributed by atoms with Gasteiger partial charge in [0.1, 0.15) is 0 Å². The summed E-state index contributed by atoms with van der Waals surface area (Å²) in [6.45, 7) is 5.51. The summed E-state index contributed by atoms with van der Waals surface area (Å²) in [7, 11) is 0. The molecule has 13 heavy (non-hydrogen) atoms.